The Hall–Kier alpha value is -2.39. The zero-order valence-corrected chi connectivity index (χ0v) is 14.9. The van der Waals surface area contributed by atoms with Crippen molar-refractivity contribution in [1.82, 2.24) is 4.98 Å². The van der Waals surface area contributed by atoms with Crippen molar-refractivity contribution in [2.24, 2.45) is 11.8 Å². The SMILES string of the molecule is CCOC(=O)C1CCC(Nc2c(F)c(F)nc(F)c2F)C(C(=O)OCC)C1. The van der Waals surface area contributed by atoms with Crippen LogP contribution in [0.2, 0.25) is 0 Å². The maximum Gasteiger partial charge on any atom is 0.311 e. The maximum atomic E-state index is 13.9. The van der Waals surface area contributed by atoms with Gasteiger partial charge in [0.1, 0.15) is 5.69 Å². The Kier molecular flexibility index (Phi) is 6.98. The number of carbonyl (C=O) groups is 2. The quantitative estimate of drug-likeness (QED) is 0.456. The standard InChI is InChI=1S/C17H20F4N2O4/c1-3-26-16(24)8-5-6-10(9(7-8)17(25)27-4-2)22-13-11(18)14(20)23-15(21)12(13)19/h8-10H,3-7H2,1-2H3,(H,22,23). The van der Waals surface area contributed by atoms with E-state index in [0.29, 0.717) is 0 Å². The molecule has 1 saturated carbocycles. The van der Waals surface area contributed by atoms with Gasteiger partial charge in [0, 0.05) is 6.04 Å². The molecule has 3 unspecified atom stereocenters. The number of esters is 2. The summed E-state index contributed by atoms with van der Waals surface area (Å²) < 4.78 is 64.3. The maximum absolute atomic E-state index is 13.9. The van der Waals surface area contributed by atoms with E-state index in [1.54, 1.807) is 13.8 Å². The Balaban J connectivity index is 2.27. The summed E-state index contributed by atoms with van der Waals surface area (Å²) in [5, 5.41) is 2.36. The lowest BCUT2D eigenvalue weighted by Gasteiger charge is -2.34. The number of anilines is 1. The molecule has 1 fully saturated rings. The van der Waals surface area contributed by atoms with E-state index in [-0.39, 0.29) is 32.5 Å². The molecule has 1 aliphatic rings. The van der Waals surface area contributed by atoms with Gasteiger partial charge in [-0.05, 0) is 33.1 Å². The molecule has 1 heterocycles. The van der Waals surface area contributed by atoms with E-state index in [4.69, 9.17) is 9.47 Å². The van der Waals surface area contributed by atoms with Gasteiger partial charge in [0.05, 0.1) is 25.0 Å². The molecule has 0 aromatic carbocycles. The second-order valence-corrected chi connectivity index (χ2v) is 6.07. The van der Waals surface area contributed by atoms with Crippen LogP contribution in [0.4, 0.5) is 23.2 Å². The van der Waals surface area contributed by atoms with Gasteiger partial charge in [-0.3, -0.25) is 9.59 Å². The number of ether oxygens (including phenoxy) is 2. The van der Waals surface area contributed by atoms with Gasteiger partial charge < -0.3 is 14.8 Å². The van der Waals surface area contributed by atoms with Crippen molar-refractivity contribution in [1.29, 1.82) is 0 Å². The van der Waals surface area contributed by atoms with Crippen molar-refractivity contribution < 1.29 is 36.6 Å². The van der Waals surface area contributed by atoms with E-state index >= 15 is 0 Å². The summed E-state index contributed by atoms with van der Waals surface area (Å²) in [6.45, 7) is 3.46. The molecule has 150 valence electrons. The van der Waals surface area contributed by atoms with Gasteiger partial charge >= 0.3 is 11.9 Å². The van der Waals surface area contributed by atoms with Gasteiger partial charge in [0.25, 0.3) is 11.9 Å². The number of halogens is 4. The molecule has 0 spiro atoms. The minimum atomic E-state index is -1.80. The van der Waals surface area contributed by atoms with Crippen molar-refractivity contribution in [2.45, 2.75) is 39.2 Å². The van der Waals surface area contributed by atoms with Gasteiger partial charge in [-0.1, -0.05) is 0 Å². The molecule has 0 amide bonds. The number of pyridine rings is 1. The molecule has 1 aromatic heterocycles. The van der Waals surface area contributed by atoms with E-state index in [2.05, 4.69) is 10.3 Å². The van der Waals surface area contributed by atoms with E-state index in [0.717, 1.165) is 0 Å². The van der Waals surface area contributed by atoms with E-state index < -0.39 is 59.0 Å². The van der Waals surface area contributed by atoms with Crippen LogP contribution in [-0.4, -0.2) is 36.2 Å². The van der Waals surface area contributed by atoms with Crippen molar-refractivity contribution in [3.63, 3.8) is 0 Å². The fourth-order valence-corrected chi connectivity index (χ4v) is 3.13. The van der Waals surface area contributed by atoms with Gasteiger partial charge in [-0.25, -0.2) is 0 Å². The first-order valence-electron chi connectivity index (χ1n) is 8.59. The highest BCUT2D eigenvalue weighted by Gasteiger charge is 2.40. The lowest BCUT2D eigenvalue weighted by atomic mass is 9.77. The predicted molar refractivity (Wildman–Crippen MR) is 85.6 cm³/mol. The van der Waals surface area contributed by atoms with E-state index in [9.17, 15) is 27.2 Å². The number of carbonyl (C=O) groups excluding carboxylic acids is 2. The highest BCUT2D eigenvalue weighted by Crippen LogP contribution is 2.34. The van der Waals surface area contributed by atoms with Crippen molar-refractivity contribution in [3.05, 3.63) is 23.5 Å². The van der Waals surface area contributed by atoms with Crippen LogP contribution in [0.25, 0.3) is 0 Å². The fraction of sp³-hybridized carbons (Fsp3) is 0.588. The van der Waals surface area contributed by atoms with Crippen LogP contribution in [0.3, 0.4) is 0 Å². The molecule has 10 heteroatoms. The van der Waals surface area contributed by atoms with Crippen LogP contribution in [-0.2, 0) is 19.1 Å². The van der Waals surface area contributed by atoms with E-state index in [1.165, 1.54) is 0 Å². The first kappa shape index (κ1) is 20.9. The zero-order valence-electron chi connectivity index (χ0n) is 14.9. The minimum Gasteiger partial charge on any atom is -0.466 e. The summed E-state index contributed by atoms with van der Waals surface area (Å²) in [5.41, 5.74) is -1.05. The van der Waals surface area contributed by atoms with Gasteiger partial charge in [-0.15, -0.1) is 0 Å². The van der Waals surface area contributed by atoms with Crippen molar-refractivity contribution in [2.75, 3.05) is 18.5 Å². The Morgan fingerprint density at radius 1 is 1.00 bits per heavy atom. The molecule has 1 aliphatic carbocycles. The molecule has 1 N–H and O–H groups in total. The third kappa shape index (κ3) is 4.67. The molecule has 6 nitrogen and oxygen atoms in total. The molecule has 0 saturated heterocycles. The minimum absolute atomic E-state index is 0.0224. The summed E-state index contributed by atoms with van der Waals surface area (Å²) in [7, 11) is 0. The lowest BCUT2D eigenvalue weighted by Crippen LogP contribution is -2.43. The number of aromatic nitrogens is 1. The fourth-order valence-electron chi connectivity index (χ4n) is 3.13. The smallest absolute Gasteiger partial charge is 0.311 e. The van der Waals surface area contributed by atoms with Crippen LogP contribution in [0.5, 0.6) is 0 Å². The first-order valence-corrected chi connectivity index (χ1v) is 8.59. The Morgan fingerprint density at radius 3 is 2.11 bits per heavy atom. The Morgan fingerprint density at radius 2 is 1.56 bits per heavy atom. The van der Waals surface area contributed by atoms with Gasteiger partial charge in [0.15, 0.2) is 0 Å². The molecule has 27 heavy (non-hydrogen) atoms. The molecular weight excluding hydrogens is 372 g/mol. The number of nitrogens with one attached hydrogen (secondary N) is 1. The molecule has 3 atom stereocenters. The molecular formula is C17H20F4N2O4. The number of hydrogen-bond acceptors (Lipinski definition) is 6. The van der Waals surface area contributed by atoms with Crippen molar-refractivity contribution >= 4 is 17.6 Å². The van der Waals surface area contributed by atoms with Crippen LogP contribution < -0.4 is 5.32 Å². The first-order chi connectivity index (χ1) is 12.8. The van der Waals surface area contributed by atoms with Crippen LogP contribution >= 0.6 is 0 Å². The van der Waals surface area contributed by atoms with E-state index in [1.807, 2.05) is 0 Å². The second-order valence-electron chi connectivity index (χ2n) is 6.07. The number of hydrogen-bond donors (Lipinski definition) is 1. The summed E-state index contributed by atoms with van der Waals surface area (Å²) in [4.78, 5) is 26.7. The topological polar surface area (TPSA) is 77.5 Å². The molecule has 0 bridgehead atoms. The third-order valence-corrected chi connectivity index (χ3v) is 4.39. The summed E-state index contributed by atoms with van der Waals surface area (Å²) in [6, 6.07) is -0.889. The Labute approximate surface area is 153 Å². The molecule has 2 rings (SSSR count). The summed E-state index contributed by atoms with van der Waals surface area (Å²) in [6.07, 6.45) is 0.428. The normalized spacial score (nSPS) is 22.2. The number of rotatable bonds is 6. The second kappa shape index (κ2) is 9.01. The number of nitrogens with zero attached hydrogens (tertiary/aromatic N) is 1. The average Bonchev–Trinajstić information content (AvgIpc) is 2.64. The third-order valence-electron chi connectivity index (χ3n) is 4.39. The lowest BCUT2D eigenvalue weighted by molar-refractivity contribution is -0.154. The monoisotopic (exact) mass is 392 g/mol. The molecule has 0 radical (unpaired) electrons. The van der Waals surface area contributed by atoms with Crippen LogP contribution in [0.15, 0.2) is 0 Å². The van der Waals surface area contributed by atoms with Gasteiger partial charge in [-0.2, -0.15) is 22.5 Å². The highest BCUT2D eigenvalue weighted by atomic mass is 19.2. The van der Waals surface area contributed by atoms with Gasteiger partial charge in [0.2, 0.25) is 11.6 Å². The Bertz CT molecular complexity index is 690. The molecule has 1 aromatic rings. The van der Waals surface area contributed by atoms with Crippen molar-refractivity contribution in [3.8, 4) is 0 Å². The van der Waals surface area contributed by atoms with Crippen LogP contribution in [0, 0.1) is 35.4 Å². The summed E-state index contributed by atoms with van der Waals surface area (Å²) >= 11 is 0. The average molecular weight is 392 g/mol. The zero-order chi connectivity index (χ0) is 20.1. The summed E-state index contributed by atoms with van der Waals surface area (Å²) in [5.74, 6) is -9.69. The largest absolute Gasteiger partial charge is 0.466 e. The predicted octanol–water partition coefficient (Wildman–Crippen LogP) is 2.96. The van der Waals surface area contributed by atoms with Crippen LogP contribution in [0.1, 0.15) is 33.1 Å². The molecule has 0 aliphatic heterocycles. The highest BCUT2D eigenvalue weighted by molar-refractivity contribution is 5.77.